The van der Waals surface area contributed by atoms with Crippen molar-refractivity contribution in [3.05, 3.63) is 10.9 Å². The topological polar surface area (TPSA) is 41.1 Å². The van der Waals surface area contributed by atoms with E-state index < -0.39 is 0 Å². The van der Waals surface area contributed by atoms with Crippen LogP contribution in [0.5, 0.6) is 0 Å². The van der Waals surface area contributed by atoms with Crippen molar-refractivity contribution in [1.29, 1.82) is 0 Å². The van der Waals surface area contributed by atoms with Crippen LogP contribution in [-0.4, -0.2) is 29.1 Å². The fraction of sp³-hybridized carbons (Fsp3) is 0.571. The predicted molar refractivity (Wildman–Crippen MR) is 82.4 cm³/mol. The summed E-state index contributed by atoms with van der Waals surface area (Å²) in [6.45, 7) is 8.28. The lowest BCUT2D eigenvalue weighted by Crippen LogP contribution is -2.26. The highest BCUT2D eigenvalue weighted by Crippen LogP contribution is 2.37. The fourth-order valence-electron chi connectivity index (χ4n) is 2.45. The van der Waals surface area contributed by atoms with Crippen molar-refractivity contribution in [2.24, 2.45) is 0 Å². The van der Waals surface area contributed by atoms with Crippen LogP contribution >= 0.6 is 11.3 Å². The Hall–Kier alpha value is -1.36. The van der Waals surface area contributed by atoms with E-state index in [9.17, 15) is 0 Å². The summed E-state index contributed by atoms with van der Waals surface area (Å²) >= 11 is 1.75. The summed E-state index contributed by atoms with van der Waals surface area (Å²) in [5.41, 5.74) is 0. The maximum Gasteiger partial charge on any atom is 0.226 e. The zero-order chi connectivity index (χ0) is 13.4. The molecule has 1 fully saturated rings. The van der Waals surface area contributed by atoms with E-state index in [4.69, 9.17) is 4.98 Å². The molecule has 0 unspecified atom stereocenters. The highest BCUT2D eigenvalue weighted by Gasteiger charge is 2.30. The molecular weight excluding hydrogens is 256 g/mol. The Labute approximate surface area is 117 Å². The molecule has 19 heavy (non-hydrogen) atoms. The van der Waals surface area contributed by atoms with Crippen LogP contribution < -0.4 is 10.2 Å². The Morgan fingerprint density at radius 3 is 2.79 bits per heavy atom. The van der Waals surface area contributed by atoms with E-state index in [0.717, 1.165) is 29.7 Å². The molecule has 0 aromatic carbocycles. The maximum atomic E-state index is 4.75. The molecule has 102 valence electrons. The average molecular weight is 276 g/mol. The molecular formula is C14H20N4S. The molecule has 0 amide bonds. The van der Waals surface area contributed by atoms with Crippen LogP contribution in [0.15, 0.2) is 6.07 Å². The summed E-state index contributed by atoms with van der Waals surface area (Å²) in [6, 6.07) is 2.90. The van der Waals surface area contributed by atoms with Gasteiger partial charge in [-0.3, -0.25) is 0 Å². The summed E-state index contributed by atoms with van der Waals surface area (Å²) in [6.07, 6.45) is 2.58. The molecule has 1 aliphatic carbocycles. The number of fused-ring (bicyclic) bond motifs is 1. The number of aromatic nitrogens is 2. The van der Waals surface area contributed by atoms with Gasteiger partial charge in [-0.05, 0) is 39.7 Å². The van der Waals surface area contributed by atoms with Gasteiger partial charge in [0, 0.05) is 24.0 Å². The van der Waals surface area contributed by atoms with Crippen molar-refractivity contribution in [1.82, 2.24) is 9.97 Å². The summed E-state index contributed by atoms with van der Waals surface area (Å²) in [5.74, 6) is 1.86. The zero-order valence-corrected chi connectivity index (χ0v) is 12.5. The molecule has 5 heteroatoms. The van der Waals surface area contributed by atoms with Gasteiger partial charge in [-0.15, -0.1) is 11.3 Å². The third kappa shape index (κ3) is 2.39. The minimum atomic E-state index is 0.679. The molecule has 0 bridgehead atoms. The van der Waals surface area contributed by atoms with Crippen LogP contribution in [0.2, 0.25) is 0 Å². The smallest absolute Gasteiger partial charge is 0.226 e. The van der Waals surface area contributed by atoms with Crippen molar-refractivity contribution >= 4 is 33.3 Å². The van der Waals surface area contributed by atoms with Gasteiger partial charge in [0.25, 0.3) is 0 Å². The summed E-state index contributed by atoms with van der Waals surface area (Å²) in [7, 11) is 0. The molecule has 4 nitrogen and oxygen atoms in total. The van der Waals surface area contributed by atoms with E-state index in [0.29, 0.717) is 6.04 Å². The van der Waals surface area contributed by atoms with Gasteiger partial charge in [-0.1, -0.05) is 0 Å². The Kier molecular flexibility index (Phi) is 3.31. The highest BCUT2D eigenvalue weighted by atomic mass is 32.1. The maximum absolute atomic E-state index is 4.75. The molecule has 0 atom stereocenters. The van der Waals surface area contributed by atoms with Gasteiger partial charge < -0.3 is 10.2 Å². The minimum Gasteiger partial charge on any atom is -0.354 e. The first-order chi connectivity index (χ1) is 9.22. The molecule has 2 aromatic rings. The second-order valence-corrected chi connectivity index (χ2v) is 6.23. The Balaban J connectivity index is 2.12. The third-order valence-corrected chi connectivity index (χ3v) is 4.38. The number of nitrogens with zero attached hydrogens (tertiary/aromatic N) is 3. The average Bonchev–Trinajstić information content (AvgIpc) is 3.12. The number of hydrogen-bond donors (Lipinski definition) is 1. The van der Waals surface area contributed by atoms with Crippen LogP contribution in [0.3, 0.4) is 0 Å². The SMILES string of the molecule is CCNc1nc(N(CC)C2CC2)c2cc(C)sc2n1. The molecule has 2 aromatic heterocycles. The molecule has 1 aliphatic rings. The summed E-state index contributed by atoms with van der Waals surface area (Å²) in [4.78, 5) is 14.2. The molecule has 0 saturated heterocycles. The van der Waals surface area contributed by atoms with Gasteiger partial charge in [-0.25, -0.2) is 4.98 Å². The summed E-state index contributed by atoms with van der Waals surface area (Å²) < 4.78 is 0. The van der Waals surface area contributed by atoms with Gasteiger partial charge in [0.2, 0.25) is 5.95 Å². The van der Waals surface area contributed by atoms with Gasteiger partial charge in [0.1, 0.15) is 10.6 Å². The van der Waals surface area contributed by atoms with E-state index in [-0.39, 0.29) is 0 Å². The standard InChI is InChI=1S/C14H20N4S/c1-4-15-14-16-12(18(5-2)10-6-7-10)11-8-9(3)19-13(11)17-14/h8,10H,4-7H2,1-3H3,(H,15,16,17). The van der Waals surface area contributed by atoms with Crippen molar-refractivity contribution in [3.8, 4) is 0 Å². The van der Waals surface area contributed by atoms with E-state index >= 15 is 0 Å². The molecule has 3 rings (SSSR count). The Bertz CT molecular complexity index is 588. The molecule has 0 radical (unpaired) electrons. The first-order valence-electron chi connectivity index (χ1n) is 7.01. The number of anilines is 2. The number of thiophene rings is 1. The molecule has 1 N–H and O–H groups in total. The third-order valence-electron chi connectivity index (χ3n) is 3.43. The van der Waals surface area contributed by atoms with Crippen molar-refractivity contribution in [3.63, 3.8) is 0 Å². The zero-order valence-electron chi connectivity index (χ0n) is 11.7. The number of hydrogen-bond acceptors (Lipinski definition) is 5. The molecule has 0 aliphatic heterocycles. The van der Waals surface area contributed by atoms with Crippen LogP contribution in [-0.2, 0) is 0 Å². The fourth-order valence-corrected chi connectivity index (χ4v) is 3.32. The largest absolute Gasteiger partial charge is 0.354 e. The van der Waals surface area contributed by atoms with Crippen molar-refractivity contribution < 1.29 is 0 Å². The van der Waals surface area contributed by atoms with Crippen LogP contribution in [0.1, 0.15) is 31.6 Å². The lowest BCUT2D eigenvalue weighted by atomic mass is 10.3. The van der Waals surface area contributed by atoms with E-state index in [1.165, 1.54) is 23.1 Å². The minimum absolute atomic E-state index is 0.679. The van der Waals surface area contributed by atoms with E-state index in [1.54, 1.807) is 11.3 Å². The van der Waals surface area contributed by atoms with E-state index in [1.807, 2.05) is 0 Å². The van der Waals surface area contributed by atoms with Gasteiger partial charge >= 0.3 is 0 Å². The van der Waals surface area contributed by atoms with Gasteiger partial charge in [0.05, 0.1) is 5.39 Å². The van der Waals surface area contributed by atoms with Gasteiger partial charge in [0.15, 0.2) is 0 Å². The Morgan fingerprint density at radius 1 is 1.37 bits per heavy atom. The quantitative estimate of drug-likeness (QED) is 0.908. The van der Waals surface area contributed by atoms with Crippen LogP contribution in [0.4, 0.5) is 11.8 Å². The van der Waals surface area contributed by atoms with Crippen LogP contribution in [0.25, 0.3) is 10.2 Å². The summed E-state index contributed by atoms with van der Waals surface area (Å²) in [5, 5.41) is 4.45. The van der Waals surface area contributed by atoms with E-state index in [2.05, 4.69) is 42.0 Å². The van der Waals surface area contributed by atoms with Crippen molar-refractivity contribution in [2.75, 3.05) is 23.3 Å². The Morgan fingerprint density at radius 2 is 2.16 bits per heavy atom. The monoisotopic (exact) mass is 276 g/mol. The lowest BCUT2D eigenvalue weighted by molar-refractivity contribution is 0.812. The second-order valence-electron chi connectivity index (χ2n) is 4.99. The molecule has 2 heterocycles. The number of nitrogens with one attached hydrogen (secondary N) is 1. The number of rotatable bonds is 5. The molecule has 1 saturated carbocycles. The highest BCUT2D eigenvalue weighted by molar-refractivity contribution is 7.18. The normalized spacial score (nSPS) is 14.9. The molecule has 0 spiro atoms. The second kappa shape index (κ2) is 4.96. The number of aryl methyl sites for hydroxylation is 1. The predicted octanol–water partition coefficient (Wildman–Crippen LogP) is 3.42. The first kappa shape index (κ1) is 12.7. The van der Waals surface area contributed by atoms with Crippen molar-refractivity contribution in [2.45, 2.75) is 39.7 Å². The first-order valence-corrected chi connectivity index (χ1v) is 7.83. The van der Waals surface area contributed by atoms with Crippen LogP contribution in [0, 0.1) is 6.92 Å². The lowest BCUT2D eigenvalue weighted by Gasteiger charge is -2.22. The van der Waals surface area contributed by atoms with Gasteiger partial charge in [-0.2, -0.15) is 4.98 Å².